The first-order chi connectivity index (χ1) is 10.1. The van der Waals surface area contributed by atoms with Gasteiger partial charge in [-0.3, -0.25) is 4.79 Å². The van der Waals surface area contributed by atoms with Crippen molar-refractivity contribution in [3.8, 4) is 5.69 Å². The van der Waals surface area contributed by atoms with Gasteiger partial charge < -0.3 is 10.0 Å². The quantitative estimate of drug-likeness (QED) is 0.913. The molecular weight excluding hydrogens is 273 g/mol. The third-order valence-electron chi connectivity index (χ3n) is 3.56. The molecule has 0 bridgehead atoms. The lowest BCUT2D eigenvalue weighted by Crippen LogP contribution is -2.42. The number of β-amino-alcohol motifs (C(OH)–C–C–N with tert-alkyl or cyclic N) is 1. The van der Waals surface area contributed by atoms with Crippen LogP contribution in [0.15, 0.2) is 36.5 Å². The van der Waals surface area contributed by atoms with Crippen LogP contribution in [-0.4, -0.2) is 44.9 Å². The Balaban J connectivity index is 1.80. The molecule has 0 aliphatic carbocycles. The first-order valence-electron chi connectivity index (χ1n) is 6.92. The highest BCUT2D eigenvalue weighted by Crippen LogP contribution is 2.14. The maximum absolute atomic E-state index is 13.2. The molecule has 1 N–H and O–H groups in total. The van der Waals surface area contributed by atoms with Crippen LogP contribution in [0, 0.1) is 5.82 Å². The van der Waals surface area contributed by atoms with E-state index in [1.54, 1.807) is 29.3 Å². The number of nitrogens with zero attached hydrogens (tertiary/aromatic N) is 3. The van der Waals surface area contributed by atoms with Crippen LogP contribution in [0.2, 0.25) is 0 Å². The summed E-state index contributed by atoms with van der Waals surface area (Å²) >= 11 is 0. The second kappa shape index (κ2) is 5.65. The van der Waals surface area contributed by atoms with Gasteiger partial charge in [0, 0.05) is 19.3 Å². The lowest BCUT2D eigenvalue weighted by molar-refractivity contribution is 0.0468. The maximum atomic E-state index is 13.2. The molecule has 21 heavy (non-hydrogen) atoms. The molecule has 2 aromatic rings. The minimum Gasteiger partial charge on any atom is -0.391 e. The van der Waals surface area contributed by atoms with Crippen LogP contribution in [-0.2, 0) is 0 Å². The molecule has 1 amide bonds. The van der Waals surface area contributed by atoms with Gasteiger partial charge in [0.15, 0.2) is 5.69 Å². The van der Waals surface area contributed by atoms with E-state index < -0.39 is 6.10 Å². The van der Waals surface area contributed by atoms with Crippen molar-refractivity contribution in [2.75, 3.05) is 13.1 Å². The molecule has 0 radical (unpaired) electrons. The minimum absolute atomic E-state index is 0.205. The van der Waals surface area contributed by atoms with Crippen molar-refractivity contribution in [2.24, 2.45) is 0 Å². The Labute approximate surface area is 121 Å². The van der Waals surface area contributed by atoms with Gasteiger partial charge in [0.1, 0.15) is 5.82 Å². The molecule has 1 aliphatic heterocycles. The number of halogens is 1. The van der Waals surface area contributed by atoms with Crippen LogP contribution in [0.1, 0.15) is 23.3 Å². The van der Waals surface area contributed by atoms with Gasteiger partial charge in [-0.25, -0.2) is 9.07 Å². The Morgan fingerprint density at radius 2 is 2.24 bits per heavy atom. The van der Waals surface area contributed by atoms with Crippen LogP contribution in [0.3, 0.4) is 0 Å². The number of carbonyl (C=O) groups excluding carboxylic acids is 1. The summed E-state index contributed by atoms with van der Waals surface area (Å²) in [6.07, 6.45) is 2.68. The molecule has 1 aromatic heterocycles. The average molecular weight is 289 g/mol. The summed E-state index contributed by atoms with van der Waals surface area (Å²) in [6, 6.07) is 7.62. The van der Waals surface area contributed by atoms with Gasteiger partial charge >= 0.3 is 0 Å². The molecule has 1 unspecified atom stereocenters. The number of aromatic nitrogens is 2. The van der Waals surface area contributed by atoms with Crippen molar-refractivity contribution in [1.29, 1.82) is 0 Å². The summed E-state index contributed by atoms with van der Waals surface area (Å²) in [6.45, 7) is 0.967. The molecule has 3 rings (SSSR count). The lowest BCUT2D eigenvalue weighted by atomic mass is 10.1. The monoisotopic (exact) mass is 289 g/mol. The molecular formula is C15H16FN3O2. The highest BCUT2D eigenvalue weighted by molar-refractivity contribution is 5.92. The number of aliphatic hydroxyl groups excluding tert-OH is 1. The summed E-state index contributed by atoms with van der Waals surface area (Å²) in [7, 11) is 0. The van der Waals surface area contributed by atoms with Crippen LogP contribution >= 0.6 is 0 Å². The van der Waals surface area contributed by atoms with E-state index in [-0.39, 0.29) is 11.7 Å². The molecule has 110 valence electrons. The summed E-state index contributed by atoms with van der Waals surface area (Å²) in [5.41, 5.74) is 0.862. The zero-order valence-corrected chi connectivity index (χ0v) is 11.4. The van der Waals surface area contributed by atoms with E-state index in [0.717, 1.165) is 12.8 Å². The predicted octanol–water partition coefficient (Wildman–Crippen LogP) is 1.61. The number of benzene rings is 1. The highest BCUT2D eigenvalue weighted by Gasteiger charge is 2.24. The minimum atomic E-state index is -0.465. The molecule has 1 saturated heterocycles. The summed E-state index contributed by atoms with van der Waals surface area (Å²) in [5, 5.41) is 13.8. The normalized spacial score (nSPS) is 18.8. The first kappa shape index (κ1) is 13.8. The van der Waals surface area contributed by atoms with Crippen LogP contribution in [0.5, 0.6) is 0 Å². The molecule has 2 heterocycles. The number of amides is 1. The van der Waals surface area contributed by atoms with Gasteiger partial charge in [0.05, 0.1) is 11.8 Å². The molecule has 1 fully saturated rings. The van der Waals surface area contributed by atoms with Gasteiger partial charge in [-0.2, -0.15) is 5.10 Å². The number of aliphatic hydroxyl groups is 1. The Bertz CT molecular complexity index is 656. The molecule has 0 spiro atoms. The zero-order valence-electron chi connectivity index (χ0n) is 11.4. The number of hydrogen-bond acceptors (Lipinski definition) is 3. The lowest BCUT2D eigenvalue weighted by Gasteiger charge is -2.29. The fourth-order valence-electron chi connectivity index (χ4n) is 2.50. The van der Waals surface area contributed by atoms with Gasteiger partial charge in [-0.15, -0.1) is 0 Å². The molecule has 1 atom stereocenters. The predicted molar refractivity (Wildman–Crippen MR) is 74.7 cm³/mol. The van der Waals surface area contributed by atoms with E-state index >= 15 is 0 Å². The fourth-order valence-corrected chi connectivity index (χ4v) is 2.50. The van der Waals surface area contributed by atoms with E-state index in [2.05, 4.69) is 5.10 Å². The molecule has 6 heteroatoms. The van der Waals surface area contributed by atoms with Gasteiger partial charge in [-0.05, 0) is 37.1 Å². The summed E-state index contributed by atoms with van der Waals surface area (Å²) in [5.74, 6) is -0.557. The Morgan fingerprint density at radius 1 is 1.38 bits per heavy atom. The highest BCUT2D eigenvalue weighted by atomic mass is 19.1. The number of hydrogen-bond donors (Lipinski definition) is 1. The summed E-state index contributed by atoms with van der Waals surface area (Å²) < 4.78 is 14.7. The van der Waals surface area contributed by atoms with E-state index in [1.807, 2.05) is 0 Å². The van der Waals surface area contributed by atoms with Gasteiger partial charge in [0.2, 0.25) is 0 Å². The maximum Gasteiger partial charge on any atom is 0.274 e. The largest absolute Gasteiger partial charge is 0.391 e. The van der Waals surface area contributed by atoms with Gasteiger partial charge in [-0.1, -0.05) is 6.07 Å². The number of piperidine rings is 1. The van der Waals surface area contributed by atoms with Crippen molar-refractivity contribution >= 4 is 5.91 Å². The van der Waals surface area contributed by atoms with Crippen LogP contribution < -0.4 is 0 Å². The zero-order chi connectivity index (χ0) is 14.8. The second-order valence-corrected chi connectivity index (χ2v) is 5.17. The topological polar surface area (TPSA) is 58.4 Å². The smallest absolute Gasteiger partial charge is 0.274 e. The van der Waals surface area contributed by atoms with E-state index in [0.29, 0.717) is 24.5 Å². The van der Waals surface area contributed by atoms with Gasteiger partial charge in [0.25, 0.3) is 5.91 Å². The van der Waals surface area contributed by atoms with E-state index in [9.17, 15) is 14.3 Å². The van der Waals surface area contributed by atoms with Crippen molar-refractivity contribution in [1.82, 2.24) is 14.7 Å². The number of likely N-dealkylation sites (tertiary alicyclic amines) is 1. The standard InChI is InChI=1S/C15H16FN3O2/c16-11-3-1-4-12(9-11)19-8-6-14(17-19)15(21)18-7-2-5-13(20)10-18/h1,3-4,6,8-9,13,20H,2,5,7,10H2. The van der Waals surface area contributed by atoms with Crippen molar-refractivity contribution in [2.45, 2.75) is 18.9 Å². The summed E-state index contributed by atoms with van der Waals surface area (Å²) in [4.78, 5) is 13.9. The molecule has 5 nitrogen and oxygen atoms in total. The Morgan fingerprint density at radius 3 is 3.00 bits per heavy atom. The average Bonchev–Trinajstić information content (AvgIpc) is 2.96. The third-order valence-corrected chi connectivity index (χ3v) is 3.56. The van der Waals surface area contributed by atoms with E-state index in [1.165, 1.54) is 16.8 Å². The van der Waals surface area contributed by atoms with Crippen LogP contribution in [0.25, 0.3) is 5.69 Å². The van der Waals surface area contributed by atoms with Crippen molar-refractivity contribution in [3.05, 3.63) is 48.0 Å². The number of carbonyl (C=O) groups is 1. The van der Waals surface area contributed by atoms with Crippen molar-refractivity contribution in [3.63, 3.8) is 0 Å². The Kier molecular flexibility index (Phi) is 3.70. The third kappa shape index (κ3) is 2.95. The molecule has 1 aliphatic rings. The fraction of sp³-hybridized carbons (Fsp3) is 0.333. The molecule has 0 saturated carbocycles. The van der Waals surface area contributed by atoms with Crippen LogP contribution in [0.4, 0.5) is 4.39 Å². The second-order valence-electron chi connectivity index (χ2n) is 5.17. The number of rotatable bonds is 2. The first-order valence-corrected chi connectivity index (χ1v) is 6.92. The SMILES string of the molecule is O=C(c1ccn(-c2cccc(F)c2)n1)N1CCCC(O)C1. The Hall–Kier alpha value is -2.21. The van der Waals surface area contributed by atoms with Crippen molar-refractivity contribution < 1.29 is 14.3 Å². The van der Waals surface area contributed by atoms with E-state index in [4.69, 9.17) is 0 Å². The molecule has 1 aromatic carbocycles.